The van der Waals surface area contributed by atoms with Crippen LogP contribution in [0.3, 0.4) is 0 Å². The number of nitrogens with two attached hydrogens (primary N) is 1. The molecule has 7 heteroatoms. The summed E-state index contributed by atoms with van der Waals surface area (Å²) in [6.45, 7) is 0.325. The maximum Gasteiger partial charge on any atom is 0.419 e. The SMILES string of the molecule is Cl.NCCc1ncc(C(F)(F)F)cn1. The van der Waals surface area contributed by atoms with Crippen molar-refractivity contribution in [1.82, 2.24) is 9.97 Å². The molecule has 0 spiro atoms. The summed E-state index contributed by atoms with van der Waals surface area (Å²) in [5, 5.41) is 0. The molecule has 0 aliphatic rings. The lowest BCUT2D eigenvalue weighted by Crippen LogP contribution is -2.10. The molecule has 3 nitrogen and oxygen atoms in total. The molecule has 0 aliphatic carbocycles. The third kappa shape index (κ3) is 3.47. The van der Waals surface area contributed by atoms with Crippen LogP contribution < -0.4 is 5.73 Å². The van der Waals surface area contributed by atoms with Gasteiger partial charge in [0.25, 0.3) is 0 Å². The Bertz CT molecular complexity index is 273. The van der Waals surface area contributed by atoms with Crippen LogP contribution >= 0.6 is 12.4 Å². The lowest BCUT2D eigenvalue weighted by molar-refractivity contribution is -0.138. The molecule has 0 atom stereocenters. The Morgan fingerprint density at radius 1 is 1.21 bits per heavy atom. The van der Waals surface area contributed by atoms with Crippen molar-refractivity contribution in [2.45, 2.75) is 12.6 Å². The molecule has 0 saturated heterocycles. The van der Waals surface area contributed by atoms with E-state index in [1.54, 1.807) is 0 Å². The second-order valence-electron chi connectivity index (χ2n) is 2.42. The molecule has 0 amide bonds. The molecule has 0 fully saturated rings. The molecule has 1 rings (SSSR count). The second kappa shape index (κ2) is 5.11. The quantitative estimate of drug-likeness (QED) is 0.831. The van der Waals surface area contributed by atoms with Gasteiger partial charge in [-0.2, -0.15) is 13.2 Å². The number of rotatable bonds is 2. The Morgan fingerprint density at radius 3 is 2.07 bits per heavy atom. The van der Waals surface area contributed by atoms with Gasteiger partial charge in [-0.3, -0.25) is 0 Å². The number of hydrogen-bond acceptors (Lipinski definition) is 3. The van der Waals surface area contributed by atoms with E-state index in [0.717, 1.165) is 12.4 Å². The topological polar surface area (TPSA) is 51.8 Å². The first-order valence-electron chi connectivity index (χ1n) is 3.62. The highest BCUT2D eigenvalue weighted by Crippen LogP contribution is 2.27. The van der Waals surface area contributed by atoms with Gasteiger partial charge >= 0.3 is 6.18 Å². The molecular weight excluding hydrogens is 219 g/mol. The fourth-order valence-electron chi connectivity index (χ4n) is 0.759. The molecule has 0 bridgehead atoms. The molecule has 1 aromatic heterocycles. The van der Waals surface area contributed by atoms with Crippen LogP contribution in [0.5, 0.6) is 0 Å². The van der Waals surface area contributed by atoms with Gasteiger partial charge in [0, 0.05) is 18.8 Å². The van der Waals surface area contributed by atoms with Crippen molar-refractivity contribution < 1.29 is 13.2 Å². The Hall–Kier alpha value is -0.880. The van der Waals surface area contributed by atoms with Crippen molar-refractivity contribution in [3.63, 3.8) is 0 Å². The normalized spacial score (nSPS) is 10.9. The highest BCUT2D eigenvalue weighted by Gasteiger charge is 2.31. The fourth-order valence-corrected chi connectivity index (χ4v) is 0.759. The minimum absolute atomic E-state index is 0. The van der Waals surface area contributed by atoms with E-state index >= 15 is 0 Å². The number of hydrogen-bond donors (Lipinski definition) is 1. The first kappa shape index (κ1) is 13.1. The minimum Gasteiger partial charge on any atom is -0.330 e. The molecule has 0 aromatic carbocycles. The lowest BCUT2D eigenvalue weighted by atomic mass is 10.3. The summed E-state index contributed by atoms with van der Waals surface area (Å²) in [4.78, 5) is 7.05. The first-order chi connectivity index (χ1) is 6.04. The van der Waals surface area contributed by atoms with Gasteiger partial charge in [0.05, 0.1) is 5.56 Å². The van der Waals surface area contributed by atoms with Gasteiger partial charge in [0.1, 0.15) is 5.82 Å². The zero-order valence-electron chi connectivity index (χ0n) is 7.08. The number of nitrogens with zero attached hydrogens (tertiary/aromatic N) is 2. The molecule has 2 N–H and O–H groups in total. The van der Waals surface area contributed by atoms with Crippen LogP contribution in [-0.4, -0.2) is 16.5 Å². The molecule has 1 heterocycles. The Labute approximate surface area is 85.0 Å². The van der Waals surface area contributed by atoms with Gasteiger partial charge in [-0.15, -0.1) is 12.4 Å². The number of aromatic nitrogens is 2. The number of alkyl halides is 3. The van der Waals surface area contributed by atoms with E-state index < -0.39 is 11.7 Å². The van der Waals surface area contributed by atoms with Crippen LogP contribution in [0.1, 0.15) is 11.4 Å². The zero-order chi connectivity index (χ0) is 9.90. The third-order valence-electron chi connectivity index (χ3n) is 1.40. The van der Waals surface area contributed by atoms with Crippen molar-refractivity contribution in [3.05, 3.63) is 23.8 Å². The molecular formula is C7H9ClF3N3. The highest BCUT2D eigenvalue weighted by molar-refractivity contribution is 5.85. The minimum atomic E-state index is -4.37. The van der Waals surface area contributed by atoms with Crippen molar-refractivity contribution in [3.8, 4) is 0 Å². The molecule has 0 aliphatic heterocycles. The van der Waals surface area contributed by atoms with E-state index in [2.05, 4.69) is 9.97 Å². The average Bonchev–Trinajstić information content (AvgIpc) is 2.04. The van der Waals surface area contributed by atoms with Crippen LogP contribution in [0.15, 0.2) is 12.4 Å². The van der Waals surface area contributed by atoms with Gasteiger partial charge in [-0.1, -0.05) is 0 Å². The summed E-state index contributed by atoms with van der Waals surface area (Å²) < 4.78 is 36.0. The van der Waals surface area contributed by atoms with Crippen LogP contribution in [-0.2, 0) is 12.6 Å². The van der Waals surface area contributed by atoms with E-state index in [1.165, 1.54) is 0 Å². The Balaban J connectivity index is 0.00000169. The molecule has 80 valence electrons. The van der Waals surface area contributed by atoms with Gasteiger partial charge in [-0.05, 0) is 6.54 Å². The largest absolute Gasteiger partial charge is 0.419 e. The second-order valence-corrected chi connectivity index (χ2v) is 2.42. The Kier molecular flexibility index (Phi) is 4.79. The van der Waals surface area contributed by atoms with Crippen LogP contribution in [0, 0.1) is 0 Å². The molecule has 1 aromatic rings. The van der Waals surface area contributed by atoms with Gasteiger partial charge in [-0.25, -0.2) is 9.97 Å². The summed E-state index contributed by atoms with van der Waals surface area (Å²) in [5.41, 5.74) is 4.34. The van der Waals surface area contributed by atoms with Crippen molar-refractivity contribution >= 4 is 12.4 Å². The zero-order valence-corrected chi connectivity index (χ0v) is 7.90. The number of halogens is 4. The molecule has 0 radical (unpaired) electrons. The first-order valence-corrected chi connectivity index (χ1v) is 3.62. The summed E-state index contributed by atoms with van der Waals surface area (Å²) in [7, 11) is 0. The van der Waals surface area contributed by atoms with E-state index in [9.17, 15) is 13.2 Å². The van der Waals surface area contributed by atoms with Gasteiger partial charge in [0.15, 0.2) is 0 Å². The molecule has 0 unspecified atom stereocenters. The predicted octanol–water partition coefficient (Wildman–Crippen LogP) is 1.42. The van der Waals surface area contributed by atoms with E-state index in [0.29, 0.717) is 18.8 Å². The van der Waals surface area contributed by atoms with Crippen LogP contribution in [0.4, 0.5) is 13.2 Å². The molecule has 14 heavy (non-hydrogen) atoms. The Morgan fingerprint density at radius 2 is 1.71 bits per heavy atom. The summed E-state index contributed by atoms with van der Waals surface area (Å²) in [5.74, 6) is 0.329. The summed E-state index contributed by atoms with van der Waals surface area (Å²) in [6.07, 6.45) is -2.46. The van der Waals surface area contributed by atoms with E-state index in [-0.39, 0.29) is 12.4 Å². The van der Waals surface area contributed by atoms with Crippen molar-refractivity contribution in [2.24, 2.45) is 5.73 Å². The summed E-state index contributed by atoms with van der Waals surface area (Å²) >= 11 is 0. The van der Waals surface area contributed by atoms with Crippen molar-refractivity contribution in [1.29, 1.82) is 0 Å². The van der Waals surface area contributed by atoms with E-state index in [1.807, 2.05) is 0 Å². The van der Waals surface area contributed by atoms with Crippen molar-refractivity contribution in [2.75, 3.05) is 6.54 Å². The molecule has 0 saturated carbocycles. The van der Waals surface area contributed by atoms with Crippen LogP contribution in [0.25, 0.3) is 0 Å². The highest BCUT2D eigenvalue weighted by atomic mass is 35.5. The average molecular weight is 228 g/mol. The smallest absolute Gasteiger partial charge is 0.330 e. The lowest BCUT2D eigenvalue weighted by Gasteiger charge is -2.05. The maximum atomic E-state index is 12.0. The monoisotopic (exact) mass is 227 g/mol. The van der Waals surface area contributed by atoms with Gasteiger partial charge < -0.3 is 5.73 Å². The summed E-state index contributed by atoms with van der Waals surface area (Å²) in [6, 6.07) is 0. The van der Waals surface area contributed by atoms with E-state index in [4.69, 9.17) is 5.73 Å². The van der Waals surface area contributed by atoms with Gasteiger partial charge in [0.2, 0.25) is 0 Å². The fraction of sp³-hybridized carbons (Fsp3) is 0.429. The van der Waals surface area contributed by atoms with Crippen LogP contribution in [0.2, 0.25) is 0 Å². The maximum absolute atomic E-state index is 12.0. The standard InChI is InChI=1S/C7H8F3N3.ClH/c8-7(9,10)5-3-12-6(1-2-11)13-4-5;/h3-4H,1-2,11H2;1H. The third-order valence-corrected chi connectivity index (χ3v) is 1.40. The predicted molar refractivity (Wildman–Crippen MR) is 47.0 cm³/mol.